The van der Waals surface area contributed by atoms with E-state index in [9.17, 15) is 4.79 Å². The Morgan fingerprint density at radius 1 is 1.24 bits per heavy atom. The van der Waals surface area contributed by atoms with Gasteiger partial charge in [0.05, 0.1) is 0 Å². The molecular formula is C17H25N7O. The Labute approximate surface area is 147 Å². The molecule has 0 bridgehead atoms. The largest absolute Gasteiger partial charge is 0.352 e. The number of piperidine rings is 1. The summed E-state index contributed by atoms with van der Waals surface area (Å²) in [5.74, 6) is 2.64. The van der Waals surface area contributed by atoms with Crippen molar-refractivity contribution in [2.24, 2.45) is 5.92 Å². The van der Waals surface area contributed by atoms with Crippen LogP contribution in [0.5, 0.6) is 0 Å². The van der Waals surface area contributed by atoms with Gasteiger partial charge in [-0.25, -0.2) is 0 Å². The molecule has 0 aliphatic carbocycles. The fourth-order valence-corrected chi connectivity index (χ4v) is 3.78. The Hall–Kier alpha value is -2.22. The molecular weight excluding hydrogens is 318 g/mol. The molecule has 0 saturated carbocycles. The van der Waals surface area contributed by atoms with E-state index in [-0.39, 0.29) is 5.91 Å². The van der Waals surface area contributed by atoms with Gasteiger partial charge in [0.1, 0.15) is 5.82 Å². The van der Waals surface area contributed by atoms with Crippen molar-refractivity contribution in [1.82, 2.24) is 29.6 Å². The molecule has 2 aliphatic rings. The highest BCUT2D eigenvalue weighted by atomic mass is 16.2. The average molecular weight is 343 g/mol. The average Bonchev–Trinajstić information content (AvgIpc) is 2.91. The first-order valence-corrected chi connectivity index (χ1v) is 8.89. The number of rotatable bonds is 4. The molecule has 2 saturated heterocycles. The fraction of sp³-hybridized carbons (Fsp3) is 0.647. The van der Waals surface area contributed by atoms with Crippen LogP contribution in [0.25, 0.3) is 5.65 Å². The van der Waals surface area contributed by atoms with E-state index in [0.717, 1.165) is 49.9 Å². The summed E-state index contributed by atoms with van der Waals surface area (Å²) in [6, 6.07) is 4.53. The molecule has 2 fully saturated rings. The molecule has 8 nitrogen and oxygen atoms in total. The summed E-state index contributed by atoms with van der Waals surface area (Å²) in [4.78, 5) is 18.2. The second-order valence-electron chi connectivity index (χ2n) is 7.39. The first kappa shape index (κ1) is 16.3. The lowest BCUT2D eigenvalue weighted by Crippen LogP contribution is -2.60. The molecule has 2 aromatic rings. The zero-order valence-corrected chi connectivity index (χ0v) is 15.1. The van der Waals surface area contributed by atoms with Crippen molar-refractivity contribution in [1.29, 1.82) is 0 Å². The van der Waals surface area contributed by atoms with Crippen molar-refractivity contribution >= 4 is 17.4 Å². The van der Waals surface area contributed by atoms with E-state index in [1.54, 1.807) is 4.52 Å². The summed E-state index contributed by atoms with van der Waals surface area (Å²) in [7, 11) is 4.10. The van der Waals surface area contributed by atoms with Crippen LogP contribution in [-0.4, -0.2) is 81.8 Å². The van der Waals surface area contributed by atoms with E-state index in [0.29, 0.717) is 18.4 Å². The molecule has 0 spiro atoms. The number of hydrogen-bond donors (Lipinski definition) is 0. The van der Waals surface area contributed by atoms with Crippen LogP contribution in [0, 0.1) is 12.8 Å². The summed E-state index contributed by atoms with van der Waals surface area (Å²) in [5.41, 5.74) is 0.784. The van der Waals surface area contributed by atoms with Gasteiger partial charge in [0, 0.05) is 45.7 Å². The van der Waals surface area contributed by atoms with Gasteiger partial charge < -0.3 is 9.80 Å². The van der Waals surface area contributed by atoms with E-state index in [4.69, 9.17) is 0 Å². The summed E-state index contributed by atoms with van der Waals surface area (Å²) in [6.07, 6.45) is 1.70. The topological polar surface area (TPSA) is 69.9 Å². The Balaban J connectivity index is 1.33. The summed E-state index contributed by atoms with van der Waals surface area (Å²) >= 11 is 0. The van der Waals surface area contributed by atoms with E-state index in [1.165, 1.54) is 0 Å². The third kappa shape index (κ3) is 3.06. The van der Waals surface area contributed by atoms with E-state index < -0.39 is 0 Å². The molecule has 0 N–H and O–H groups in total. The SMILES string of the molecule is Cc1nnc2ccc(N3CC(N(C)CC4CCC(=O)N(C)C4)C3)nn12. The third-order valence-corrected chi connectivity index (χ3v) is 5.48. The molecule has 0 aromatic carbocycles. The number of carbonyl (C=O) groups is 1. The number of hydrogen-bond acceptors (Lipinski definition) is 6. The zero-order chi connectivity index (χ0) is 17.6. The highest BCUT2D eigenvalue weighted by Gasteiger charge is 2.33. The van der Waals surface area contributed by atoms with E-state index in [1.807, 2.05) is 31.0 Å². The molecule has 2 aliphatic heterocycles. The number of aromatic nitrogens is 4. The molecule has 1 unspecified atom stereocenters. The van der Waals surface area contributed by atoms with Gasteiger partial charge in [-0.05, 0) is 38.4 Å². The molecule has 8 heteroatoms. The third-order valence-electron chi connectivity index (χ3n) is 5.48. The Morgan fingerprint density at radius 2 is 2.04 bits per heavy atom. The van der Waals surface area contributed by atoms with Crippen molar-refractivity contribution < 1.29 is 4.79 Å². The van der Waals surface area contributed by atoms with Gasteiger partial charge in [0.25, 0.3) is 0 Å². The van der Waals surface area contributed by atoms with Crippen LogP contribution in [0.1, 0.15) is 18.7 Å². The molecule has 4 rings (SSSR count). The van der Waals surface area contributed by atoms with Gasteiger partial charge in [-0.2, -0.15) is 4.52 Å². The Bertz CT molecular complexity index is 782. The van der Waals surface area contributed by atoms with Gasteiger partial charge in [-0.1, -0.05) is 0 Å². The first-order chi connectivity index (χ1) is 12.0. The molecule has 0 radical (unpaired) electrons. The number of nitrogens with zero attached hydrogens (tertiary/aromatic N) is 7. The molecule has 134 valence electrons. The molecule has 25 heavy (non-hydrogen) atoms. The number of aryl methyl sites for hydroxylation is 1. The molecule has 1 atom stereocenters. The lowest BCUT2D eigenvalue weighted by atomic mass is 9.96. The van der Waals surface area contributed by atoms with Crippen molar-refractivity contribution in [3.8, 4) is 0 Å². The minimum atomic E-state index is 0.277. The predicted molar refractivity (Wildman–Crippen MR) is 94.5 cm³/mol. The van der Waals surface area contributed by atoms with Crippen molar-refractivity contribution in [2.45, 2.75) is 25.8 Å². The lowest BCUT2D eigenvalue weighted by molar-refractivity contribution is -0.133. The van der Waals surface area contributed by atoms with Crippen molar-refractivity contribution in [3.05, 3.63) is 18.0 Å². The number of likely N-dealkylation sites (N-methyl/N-ethyl adjacent to an activating group) is 1. The summed E-state index contributed by atoms with van der Waals surface area (Å²) in [5, 5.41) is 12.8. The highest BCUT2D eigenvalue weighted by Crippen LogP contribution is 2.24. The predicted octanol–water partition coefficient (Wildman–Crippen LogP) is 0.422. The Morgan fingerprint density at radius 3 is 2.80 bits per heavy atom. The monoisotopic (exact) mass is 343 g/mol. The van der Waals surface area contributed by atoms with Crippen LogP contribution >= 0.6 is 0 Å². The maximum Gasteiger partial charge on any atom is 0.222 e. The van der Waals surface area contributed by atoms with Gasteiger partial charge >= 0.3 is 0 Å². The van der Waals surface area contributed by atoms with Gasteiger partial charge in [0.2, 0.25) is 5.91 Å². The number of carbonyl (C=O) groups excluding carboxylic acids is 1. The smallest absolute Gasteiger partial charge is 0.222 e. The Kier molecular flexibility index (Phi) is 4.07. The van der Waals surface area contributed by atoms with E-state index in [2.05, 4.69) is 32.1 Å². The van der Waals surface area contributed by atoms with Crippen LogP contribution in [0.15, 0.2) is 12.1 Å². The number of fused-ring (bicyclic) bond motifs is 1. The van der Waals surface area contributed by atoms with Crippen LogP contribution in [-0.2, 0) is 4.79 Å². The van der Waals surface area contributed by atoms with Crippen LogP contribution in [0.2, 0.25) is 0 Å². The van der Waals surface area contributed by atoms with Crippen molar-refractivity contribution in [2.75, 3.05) is 45.2 Å². The summed E-state index contributed by atoms with van der Waals surface area (Å²) < 4.78 is 1.79. The normalized spacial score (nSPS) is 22.1. The number of anilines is 1. The van der Waals surface area contributed by atoms with Crippen LogP contribution < -0.4 is 4.90 Å². The van der Waals surface area contributed by atoms with Crippen LogP contribution in [0.4, 0.5) is 5.82 Å². The number of amides is 1. The zero-order valence-electron chi connectivity index (χ0n) is 15.1. The molecule has 4 heterocycles. The lowest BCUT2D eigenvalue weighted by Gasteiger charge is -2.46. The van der Waals surface area contributed by atoms with Gasteiger partial charge in [-0.3, -0.25) is 9.69 Å². The molecule has 2 aromatic heterocycles. The minimum Gasteiger partial charge on any atom is -0.352 e. The maximum absolute atomic E-state index is 11.6. The first-order valence-electron chi connectivity index (χ1n) is 8.89. The van der Waals surface area contributed by atoms with Crippen LogP contribution in [0.3, 0.4) is 0 Å². The maximum atomic E-state index is 11.6. The van der Waals surface area contributed by atoms with Gasteiger partial charge in [-0.15, -0.1) is 15.3 Å². The van der Waals surface area contributed by atoms with E-state index >= 15 is 0 Å². The van der Waals surface area contributed by atoms with Gasteiger partial charge in [0.15, 0.2) is 11.5 Å². The highest BCUT2D eigenvalue weighted by molar-refractivity contribution is 5.76. The fourth-order valence-electron chi connectivity index (χ4n) is 3.78. The quantitative estimate of drug-likeness (QED) is 0.801. The summed E-state index contributed by atoms with van der Waals surface area (Å²) in [6.45, 7) is 5.81. The number of likely N-dealkylation sites (tertiary alicyclic amines) is 1. The molecule has 1 amide bonds. The second-order valence-corrected chi connectivity index (χ2v) is 7.39. The van der Waals surface area contributed by atoms with Crippen molar-refractivity contribution in [3.63, 3.8) is 0 Å². The second kappa shape index (κ2) is 6.25. The standard InChI is InChI=1S/C17H25N7O/c1-12-18-19-15-5-6-16(20-24(12)15)23-10-14(11-23)21(2)8-13-4-7-17(25)22(3)9-13/h5-6,13-14H,4,7-11H2,1-3H3. The minimum absolute atomic E-state index is 0.277.